The van der Waals surface area contributed by atoms with Gasteiger partial charge in [-0.2, -0.15) is 4.31 Å². The summed E-state index contributed by atoms with van der Waals surface area (Å²) in [5, 5.41) is 0. The van der Waals surface area contributed by atoms with Crippen LogP contribution in [0.2, 0.25) is 0 Å². The molecular weight excluding hydrogens is 395 g/mol. The summed E-state index contributed by atoms with van der Waals surface area (Å²) in [5.41, 5.74) is 0. The van der Waals surface area contributed by atoms with Crippen molar-refractivity contribution in [3.05, 3.63) is 24.3 Å². The van der Waals surface area contributed by atoms with Crippen molar-refractivity contribution in [2.45, 2.75) is 37.6 Å². The molecule has 1 atom stereocenters. The Morgan fingerprint density at radius 3 is 2.23 bits per heavy atom. The topological polar surface area (TPSA) is 80.8 Å². The van der Waals surface area contributed by atoms with Gasteiger partial charge in [0.25, 0.3) is 0 Å². The average Bonchev–Trinajstić information content (AvgIpc) is 2.83. The third kappa shape index (κ3) is 5.34. The molecule has 0 radical (unpaired) electrons. The summed E-state index contributed by atoms with van der Waals surface area (Å²) in [6, 6.07) is 3.19. The van der Waals surface area contributed by atoms with E-state index < -0.39 is 38.0 Å². The molecule has 26 heavy (non-hydrogen) atoms. The van der Waals surface area contributed by atoms with Gasteiger partial charge in [0, 0.05) is 12.6 Å². The fourth-order valence-electron chi connectivity index (χ4n) is 2.75. The second-order valence-electron chi connectivity index (χ2n) is 6.54. The smallest absolute Gasteiger partial charge is 0.406 e. The number of hydrogen-bond acceptors (Lipinski definition) is 5. The number of halogens is 3. The van der Waals surface area contributed by atoms with Gasteiger partial charge in [-0.05, 0) is 36.6 Å². The highest BCUT2D eigenvalue weighted by Crippen LogP contribution is 2.28. The van der Waals surface area contributed by atoms with Gasteiger partial charge in [0.1, 0.15) is 5.75 Å². The molecule has 0 aromatic heterocycles. The Morgan fingerprint density at radius 2 is 1.81 bits per heavy atom. The van der Waals surface area contributed by atoms with E-state index in [2.05, 4.69) is 4.74 Å². The number of hydrogen-bond donors (Lipinski definition) is 0. The van der Waals surface area contributed by atoms with Crippen molar-refractivity contribution in [1.29, 1.82) is 0 Å². The normalized spacial score (nSPS) is 20.7. The Bertz CT molecular complexity index is 833. The van der Waals surface area contributed by atoms with Crippen LogP contribution in [0.15, 0.2) is 29.2 Å². The van der Waals surface area contributed by atoms with Gasteiger partial charge < -0.3 is 4.74 Å². The molecule has 1 fully saturated rings. The molecule has 1 unspecified atom stereocenters. The minimum absolute atomic E-state index is 0.0547. The average molecular weight is 415 g/mol. The second kappa shape index (κ2) is 7.35. The molecule has 0 saturated carbocycles. The molecule has 11 heteroatoms. The molecule has 0 bridgehead atoms. The van der Waals surface area contributed by atoms with E-state index >= 15 is 0 Å². The first-order valence-corrected chi connectivity index (χ1v) is 11.1. The summed E-state index contributed by atoms with van der Waals surface area (Å²) in [4.78, 5) is -0.211. The molecule has 1 aliphatic heterocycles. The Morgan fingerprint density at radius 1 is 1.23 bits per heavy atom. The SMILES string of the molecule is CC(C)CN(C1CCS(=O)(=O)C1)S(=O)(=O)c1ccc(OC(F)(F)F)cc1. The maximum atomic E-state index is 12.9. The zero-order valence-electron chi connectivity index (χ0n) is 14.2. The summed E-state index contributed by atoms with van der Waals surface area (Å²) >= 11 is 0. The van der Waals surface area contributed by atoms with Crippen LogP contribution in [0.4, 0.5) is 13.2 Å². The number of sulfone groups is 1. The fourth-order valence-corrected chi connectivity index (χ4v) is 6.40. The van der Waals surface area contributed by atoms with E-state index in [1.807, 2.05) is 0 Å². The van der Waals surface area contributed by atoms with Gasteiger partial charge in [-0.3, -0.25) is 0 Å². The van der Waals surface area contributed by atoms with Crippen molar-refractivity contribution in [3.63, 3.8) is 0 Å². The van der Waals surface area contributed by atoms with E-state index in [4.69, 9.17) is 0 Å². The van der Waals surface area contributed by atoms with Crippen LogP contribution in [0, 0.1) is 5.92 Å². The Hall–Kier alpha value is -1.33. The van der Waals surface area contributed by atoms with Gasteiger partial charge in [0.2, 0.25) is 10.0 Å². The van der Waals surface area contributed by atoms with E-state index in [1.54, 1.807) is 13.8 Å². The summed E-state index contributed by atoms with van der Waals surface area (Å²) < 4.78 is 90.8. The fraction of sp³-hybridized carbons (Fsp3) is 0.600. The van der Waals surface area contributed by atoms with Crippen LogP contribution >= 0.6 is 0 Å². The molecule has 0 amide bonds. The molecule has 1 aromatic carbocycles. The van der Waals surface area contributed by atoms with Crippen molar-refractivity contribution in [2.24, 2.45) is 5.92 Å². The van der Waals surface area contributed by atoms with Crippen LogP contribution in [0.1, 0.15) is 20.3 Å². The van der Waals surface area contributed by atoms with Crippen molar-refractivity contribution in [1.82, 2.24) is 4.31 Å². The third-order valence-corrected chi connectivity index (χ3v) is 7.51. The Labute approximate surface area is 150 Å². The monoisotopic (exact) mass is 415 g/mol. The molecule has 0 N–H and O–H groups in total. The van der Waals surface area contributed by atoms with Gasteiger partial charge in [-0.1, -0.05) is 13.8 Å². The molecule has 0 aliphatic carbocycles. The lowest BCUT2D eigenvalue weighted by atomic mass is 10.2. The van der Waals surface area contributed by atoms with Crippen molar-refractivity contribution in [2.75, 3.05) is 18.1 Å². The number of nitrogens with zero attached hydrogens (tertiary/aromatic N) is 1. The van der Waals surface area contributed by atoms with Crippen molar-refractivity contribution in [3.8, 4) is 5.75 Å². The van der Waals surface area contributed by atoms with Gasteiger partial charge in [-0.15, -0.1) is 13.2 Å². The lowest BCUT2D eigenvalue weighted by Gasteiger charge is -2.29. The van der Waals surface area contributed by atoms with Crippen LogP contribution in [0.25, 0.3) is 0 Å². The van der Waals surface area contributed by atoms with Crippen molar-refractivity contribution < 1.29 is 34.7 Å². The number of benzene rings is 1. The predicted octanol–water partition coefficient (Wildman–Crippen LogP) is 2.42. The molecule has 1 saturated heterocycles. The molecule has 0 spiro atoms. The van der Waals surface area contributed by atoms with Crippen LogP contribution < -0.4 is 4.74 Å². The van der Waals surface area contributed by atoms with Crippen LogP contribution in [-0.2, 0) is 19.9 Å². The second-order valence-corrected chi connectivity index (χ2v) is 10.7. The molecule has 1 heterocycles. The summed E-state index contributed by atoms with van der Waals surface area (Å²) in [5.74, 6) is -0.926. The lowest BCUT2D eigenvalue weighted by molar-refractivity contribution is -0.274. The van der Waals surface area contributed by atoms with Crippen molar-refractivity contribution >= 4 is 19.9 Å². The van der Waals surface area contributed by atoms with E-state index in [9.17, 15) is 30.0 Å². The highest BCUT2D eigenvalue weighted by molar-refractivity contribution is 7.92. The van der Waals surface area contributed by atoms with E-state index in [0.717, 1.165) is 28.6 Å². The molecular formula is C15H20F3NO5S2. The van der Waals surface area contributed by atoms with Crippen LogP contribution in [0.3, 0.4) is 0 Å². The zero-order valence-corrected chi connectivity index (χ0v) is 15.9. The van der Waals surface area contributed by atoms with E-state index in [0.29, 0.717) is 0 Å². The molecule has 148 valence electrons. The largest absolute Gasteiger partial charge is 0.573 e. The predicted molar refractivity (Wildman–Crippen MR) is 88.9 cm³/mol. The molecule has 6 nitrogen and oxygen atoms in total. The van der Waals surface area contributed by atoms with Crippen LogP contribution in [-0.4, -0.2) is 51.6 Å². The lowest BCUT2D eigenvalue weighted by Crippen LogP contribution is -2.43. The minimum atomic E-state index is -4.87. The number of ether oxygens (including phenoxy) is 1. The Kier molecular flexibility index (Phi) is 5.93. The quantitative estimate of drug-likeness (QED) is 0.713. The maximum absolute atomic E-state index is 12.9. The third-order valence-electron chi connectivity index (χ3n) is 3.82. The molecule has 1 aliphatic rings. The van der Waals surface area contributed by atoms with Gasteiger partial charge in [0.05, 0.1) is 16.4 Å². The highest BCUT2D eigenvalue weighted by Gasteiger charge is 2.39. The van der Waals surface area contributed by atoms with E-state index in [1.165, 1.54) is 0 Å². The summed E-state index contributed by atoms with van der Waals surface area (Å²) in [7, 11) is -7.36. The molecule has 2 rings (SSSR count). The van der Waals surface area contributed by atoms with Gasteiger partial charge in [-0.25, -0.2) is 16.8 Å². The summed E-state index contributed by atoms with van der Waals surface area (Å²) in [6.45, 7) is 3.71. The standard InChI is InChI=1S/C15H20F3NO5S2/c1-11(2)9-19(12-7-8-25(20,21)10-12)26(22,23)14-5-3-13(4-6-14)24-15(16,17)18/h3-6,11-12H,7-10H2,1-2H3. The minimum Gasteiger partial charge on any atom is -0.406 e. The summed E-state index contributed by atoms with van der Waals surface area (Å²) in [6.07, 6.45) is -4.67. The first kappa shape index (κ1) is 21.0. The molecule has 1 aromatic rings. The zero-order chi connectivity index (χ0) is 19.8. The maximum Gasteiger partial charge on any atom is 0.573 e. The Balaban J connectivity index is 2.31. The first-order valence-electron chi connectivity index (χ1n) is 7.88. The number of sulfonamides is 1. The highest BCUT2D eigenvalue weighted by atomic mass is 32.2. The van der Waals surface area contributed by atoms with Crippen LogP contribution in [0.5, 0.6) is 5.75 Å². The first-order chi connectivity index (χ1) is 11.8. The number of rotatable bonds is 6. The van der Waals surface area contributed by atoms with Gasteiger partial charge in [0.15, 0.2) is 9.84 Å². The van der Waals surface area contributed by atoms with E-state index in [-0.39, 0.29) is 35.3 Å². The van der Waals surface area contributed by atoms with Gasteiger partial charge >= 0.3 is 6.36 Å². The number of alkyl halides is 3.